The highest BCUT2D eigenvalue weighted by atomic mass is 79.9. The summed E-state index contributed by atoms with van der Waals surface area (Å²) < 4.78 is 2.53. The highest BCUT2D eigenvalue weighted by molar-refractivity contribution is 9.10. The second kappa shape index (κ2) is 3.41. The Morgan fingerprint density at radius 3 is 2.93 bits per heavy atom. The van der Waals surface area contributed by atoms with Crippen LogP contribution in [0.4, 0.5) is 0 Å². The van der Waals surface area contributed by atoms with E-state index in [9.17, 15) is 0 Å². The summed E-state index contributed by atoms with van der Waals surface area (Å²) in [5.74, 6) is 2.32. The van der Waals surface area contributed by atoms with Gasteiger partial charge in [-0.25, -0.2) is 14.6 Å². The first-order valence-electron chi connectivity index (χ1n) is 4.87. The van der Waals surface area contributed by atoms with Crippen LogP contribution in [0.1, 0.15) is 24.6 Å². The van der Waals surface area contributed by atoms with Crippen molar-refractivity contribution < 1.29 is 0 Å². The molecule has 2 aromatic heterocycles. The first kappa shape index (κ1) is 9.03. The van der Waals surface area contributed by atoms with E-state index >= 15 is 0 Å². The maximum atomic E-state index is 4.41. The molecule has 0 unspecified atom stereocenters. The molecule has 0 aromatic carbocycles. The van der Waals surface area contributed by atoms with Crippen molar-refractivity contribution in [1.29, 1.82) is 0 Å². The SMILES string of the molecule is Brc1cccc(-n2cnc(C3CC3)n2)n1. The molecule has 1 saturated carbocycles. The Balaban J connectivity index is 1.97. The minimum absolute atomic E-state index is 0.582. The van der Waals surface area contributed by atoms with Crippen LogP contribution < -0.4 is 0 Å². The zero-order chi connectivity index (χ0) is 10.3. The molecule has 0 radical (unpaired) electrons. The zero-order valence-corrected chi connectivity index (χ0v) is 9.55. The summed E-state index contributed by atoms with van der Waals surface area (Å²) in [5, 5.41) is 4.41. The smallest absolute Gasteiger partial charge is 0.156 e. The molecule has 15 heavy (non-hydrogen) atoms. The summed E-state index contributed by atoms with van der Waals surface area (Å²) in [6.45, 7) is 0. The Hall–Kier alpha value is -1.23. The summed E-state index contributed by atoms with van der Waals surface area (Å²) in [4.78, 5) is 8.59. The Morgan fingerprint density at radius 1 is 1.33 bits per heavy atom. The van der Waals surface area contributed by atoms with E-state index in [1.807, 2.05) is 18.2 Å². The average molecular weight is 265 g/mol. The maximum Gasteiger partial charge on any atom is 0.156 e. The van der Waals surface area contributed by atoms with Crippen molar-refractivity contribution in [3.8, 4) is 5.82 Å². The van der Waals surface area contributed by atoms with Gasteiger partial charge in [0, 0.05) is 5.92 Å². The Morgan fingerprint density at radius 2 is 2.20 bits per heavy atom. The van der Waals surface area contributed by atoms with Gasteiger partial charge in [0.05, 0.1) is 0 Å². The lowest BCUT2D eigenvalue weighted by Crippen LogP contribution is -1.98. The van der Waals surface area contributed by atoms with Crippen LogP contribution in [0.15, 0.2) is 29.1 Å². The van der Waals surface area contributed by atoms with Gasteiger partial charge < -0.3 is 0 Å². The normalized spacial score (nSPS) is 15.5. The molecule has 5 heteroatoms. The summed E-state index contributed by atoms with van der Waals surface area (Å²) in [7, 11) is 0. The first-order chi connectivity index (χ1) is 7.33. The molecular weight excluding hydrogens is 256 g/mol. The largest absolute Gasteiger partial charge is 0.222 e. The minimum atomic E-state index is 0.582. The zero-order valence-electron chi connectivity index (χ0n) is 7.97. The number of rotatable bonds is 2. The number of pyridine rings is 1. The molecule has 2 heterocycles. The fourth-order valence-corrected chi connectivity index (χ4v) is 1.77. The van der Waals surface area contributed by atoms with Crippen molar-refractivity contribution in [2.24, 2.45) is 0 Å². The standard InChI is InChI=1S/C10H9BrN4/c11-8-2-1-3-9(13-8)15-6-12-10(14-15)7-4-5-7/h1-3,6-7H,4-5H2. The maximum absolute atomic E-state index is 4.41. The third-order valence-electron chi connectivity index (χ3n) is 2.39. The van der Waals surface area contributed by atoms with Crippen LogP contribution in [0.25, 0.3) is 5.82 Å². The lowest BCUT2D eigenvalue weighted by molar-refractivity contribution is 0.809. The molecule has 1 fully saturated rings. The Bertz CT molecular complexity index is 490. The number of hydrogen-bond donors (Lipinski definition) is 0. The first-order valence-corrected chi connectivity index (χ1v) is 5.67. The van der Waals surface area contributed by atoms with Gasteiger partial charge in [-0.2, -0.15) is 0 Å². The summed E-state index contributed by atoms with van der Waals surface area (Å²) >= 11 is 3.33. The predicted molar refractivity (Wildman–Crippen MR) is 58.8 cm³/mol. The second-order valence-corrected chi connectivity index (χ2v) is 4.45. The lowest BCUT2D eigenvalue weighted by Gasteiger charge is -1.98. The van der Waals surface area contributed by atoms with Crippen molar-refractivity contribution in [1.82, 2.24) is 19.7 Å². The molecule has 0 amide bonds. The van der Waals surface area contributed by atoms with E-state index in [0.717, 1.165) is 16.2 Å². The van der Waals surface area contributed by atoms with Crippen LogP contribution in [0.5, 0.6) is 0 Å². The van der Waals surface area contributed by atoms with Crippen molar-refractivity contribution in [2.75, 3.05) is 0 Å². The van der Waals surface area contributed by atoms with Gasteiger partial charge >= 0.3 is 0 Å². The van der Waals surface area contributed by atoms with E-state index in [1.54, 1.807) is 11.0 Å². The van der Waals surface area contributed by atoms with Gasteiger partial charge in [-0.1, -0.05) is 6.07 Å². The fourth-order valence-electron chi connectivity index (χ4n) is 1.44. The monoisotopic (exact) mass is 264 g/mol. The van der Waals surface area contributed by atoms with Crippen LogP contribution in [0, 0.1) is 0 Å². The quantitative estimate of drug-likeness (QED) is 0.782. The van der Waals surface area contributed by atoms with E-state index in [4.69, 9.17) is 0 Å². The highest BCUT2D eigenvalue weighted by Gasteiger charge is 2.27. The van der Waals surface area contributed by atoms with Crippen molar-refractivity contribution in [3.63, 3.8) is 0 Å². The number of hydrogen-bond acceptors (Lipinski definition) is 3. The molecule has 3 rings (SSSR count). The van der Waals surface area contributed by atoms with Crippen molar-refractivity contribution >= 4 is 15.9 Å². The third kappa shape index (κ3) is 1.79. The van der Waals surface area contributed by atoms with Gasteiger partial charge in [-0.15, -0.1) is 5.10 Å². The van der Waals surface area contributed by atoms with E-state index in [2.05, 4.69) is 31.0 Å². The molecule has 0 bridgehead atoms. The van der Waals surface area contributed by atoms with Gasteiger partial charge in [0.2, 0.25) is 0 Å². The molecule has 0 saturated heterocycles. The summed E-state index contributed by atoms with van der Waals surface area (Å²) in [6.07, 6.45) is 4.16. The molecular formula is C10H9BrN4. The molecule has 0 N–H and O–H groups in total. The van der Waals surface area contributed by atoms with Gasteiger partial charge in [0.25, 0.3) is 0 Å². The molecule has 0 aliphatic heterocycles. The molecule has 1 aliphatic carbocycles. The second-order valence-electron chi connectivity index (χ2n) is 3.64. The van der Waals surface area contributed by atoms with Crippen LogP contribution in [-0.4, -0.2) is 19.7 Å². The Kier molecular flexibility index (Phi) is 2.05. The number of nitrogens with zero attached hydrogens (tertiary/aromatic N) is 4. The lowest BCUT2D eigenvalue weighted by atomic mass is 10.4. The number of halogens is 1. The van der Waals surface area contributed by atoms with Crippen LogP contribution >= 0.6 is 15.9 Å². The van der Waals surface area contributed by atoms with Gasteiger partial charge in [0.15, 0.2) is 11.6 Å². The predicted octanol–water partition coefficient (Wildman–Crippen LogP) is 2.30. The van der Waals surface area contributed by atoms with E-state index < -0.39 is 0 Å². The fraction of sp³-hybridized carbons (Fsp3) is 0.300. The van der Waals surface area contributed by atoms with E-state index in [1.165, 1.54) is 12.8 Å². The molecule has 4 nitrogen and oxygen atoms in total. The number of aromatic nitrogens is 4. The topological polar surface area (TPSA) is 43.6 Å². The molecule has 0 atom stereocenters. The van der Waals surface area contributed by atoms with Crippen LogP contribution in [0.2, 0.25) is 0 Å². The molecule has 0 spiro atoms. The van der Waals surface area contributed by atoms with Crippen molar-refractivity contribution in [2.45, 2.75) is 18.8 Å². The molecule has 2 aromatic rings. The van der Waals surface area contributed by atoms with Crippen LogP contribution in [-0.2, 0) is 0 Å². The summed E-state index contributed by atoms with van der Waals surface area (Å²) in [5.41, 5.74) is 0. The Labute approximate surface area is 95.5 Å². The van der Waals surface area contributed by atoms with E-state index in [0.29, 0.717) is 5.92 Å². The molecule has 1 aliphatic rings. The van der Waals surface area contributed by atoms with Gasteiger partial charge in [-0.3, -0.25) is 0 Å². The summed E-state index contributed by atoms with van der Waals surface area (Å²) in [6, 6.07) is 5.74. The van der Waals surface area contributed by atoms with Gasteiger partial charge in [0.1, 0.15) is 10.9 Å². The molecule has 76 valence electrons. The third-order valence-corrected chi connectivity index (χ3v) is 2.83. The van der Waals surface area contributed by atoms with Gasteiger partial charge in [-0.05, 0) is 40.9 Å². The highest BCUT2D eigenvalue weighted by Crippen LogP contribution is 2.37. The van der Waals surface area contributed by atoms with Crippen LogP contribution in [0.3, 0.4) is 0 Å². The van der Waals surface area contributed by atoms with Crippen molar-refractivity contribution in [3.05, 3.63) is 35.0 Å². The average Bonchev–Trinajstić information content (AvgIpc) is 2.97. The minimum Gasteiger partial charge on any atom is -0.222 e. The van der Waals surface area contributed by atoms with E-state index in [-0.39, 0.29) is 0 Å².